The molecule has 576 valence electrons. The van der Waals surface area contributed by atoms with Crippen molar-refractivity contribution in [3.63, 3.8) is 0 Å². The van der Waals surface area contributed by atoms with Crippen molar-refractivity contribution in [1.82, 2.24) is 14.7 Å². The number of halogens is 3. The van der Waals surface area contributed by atoms with Crippen LogP contribution in [0.4, 0.5) is 17.1 Å². The lowest BCUT2D eigenvalue weighted by atomic mass is 9.92. The summed E-state index contributed by atoms with van der Waals surface area (Å²) in [7, 11) is 5.07. The van der Waals surface area contributed by atoms with Gasteiger partial charge in [-0.05, 0) is 232 Å². The number of carbonyl (C=O) groups excluding carboxylic acids is 6. The van der Waals surface area contributed by atoms with Gasteiger partial charge >= 0.3 is 0 Å². The second-order valence-electron chi connectivity index (χ2n) is 30.2. The first-order valence-corrected chi connectivity index (χ1v) is 38.1. The van der Waals surface area contributed by atoms with E-state index in [4.69, 9.17) is 28.4 Å². The summed E-state index contributed by atoms with van der Waals surface area (Å²) in [6.45, 7) is 33.8. The van der Waals surface area contributed by atoms with Crippen LogP contribution >= 0.6 is 37.2 Å². The molecule has 18 nitrogen and oxygen atoms in total. The first kappa shape index (κ1) is 89.0. The number of nitrogens with zero attached hydrogens (tertiary/aromatic N) is 6. The maximum absolute atomic E-state index is 13.8. The Hall–Kier alpha value is -5.37. The van der Waals surface area contributed by atoms with E-state index in [1.165, 1.54) is 57.8 Å². The van der Waals surface area contributed by atoms with Gasteiger partial charge in [0.05, 0.1) is 17.1 Å². The first-order chi connectivity index (χ1) is 47.2. The van der Waals surface area contributed by atoms with Crippen LogP contribution in [0.25, 0.3) is 0 Å². The zero-order chi connectivity index (χ0) is 72.5. The number of ether oxygens (including phenoxy) is 6. The molecule has 21 heteroatoms. The van der Waals surface area contributed by atoms with Gasteiger partial charge in [0.25, 0.3) is 35.4 Å². The van der Waals surface area contributed by atoms with Gasteiger partial charge in [0.1, 0.15) is 17.2 Å². The van der Waals surface area contributed by atoms with Crippen molar-refractivity contribution in [2.45, 2.75) is 311 Å². The maximum atomic E-state index is 13.8. The summed E-state index contributed by atoms with van der Waals surface area (Å²) in [5.74, 6) is 2.14. The molecule has 3 aliphatic carbocycles. The molecule has 3 aromatic rings. The molecule has 0 N–H and O–H groups in total. The van der Waals surface area contributed by atoms with Crippen molar-refractivity contribution in [3.05, 3.63) is 69.8 Å². The molecule has 3 aliphatic heterocycles. The number of hydrogen-bond donors (Lipinski definition) is 0. The Labute approximate surface area is 631 Å². The van der Waals surface area contributed by atoms with Crippen LogP contribution in [0.1, 0.15) is 285 Å². The highest BCUT2D eigenvalue weighted by molar-refractivity contribution is 6.07. The molecule has 3 saturated carbocycles. The zero-order valence-corrected chi connectivity index (χ0v) is 67.9. The number of benzene rings is 3. The fourth-order valence-electron chi connectivity index (χ4n) is 15.5. The minimum atomic E-state index is -0.891. The molecule has 0 aromatic heterocycles. The van der Waals surface area contributed by atoms with Crippen LogP contribution in [0.5, 0.6) is 17.2 Å². The largest absolute Gasteiger partial charge is 0.476 e. The normalized spacial score (nSPS) is 20.6. The highest BCUT2D eigenvalue weighted by Gasteiger charge is 2.47. The minimum Gasteiger partial charge on any atom is -0.476 e. The lowest BCUT2D eigenvalue weighted by Gasteiger charge is -2.41. The summed E-state index contributed by atoms with van der Waals surface area (Å²) in [6.07, 6.45) is 24.1. The molecule has 0 spiro atoms. The Morgan fingerprint density at radius 2 is 0.637 bits per heavy atom. The molecule has 1 unspecified atom stereocenters. The fourth-order valence-corrected chi connectivity index (χ4v) is 15.5. The predicted molar refractivity (Wildman–Crippen MR) is 418 cm³/mol. The molecule has 0 saturated heterocycles. The van der Waals surface area contributed by atoms with Crippen LogP contribution in [0.15, 0.2) is 36.4 Å². The molecule has 3 atom stereocenters. The third kappa shape index (κ3) is 21.0. The third-order valence-corrected chi connectivity index (χ3v) is 21.8. The van der Waals surface area contributed by atoms with E-state index >= 15 is 0 Å². The molecule has 102 heavy (non-hydrogen) atoms. The number of carbonyl (C=O) groups is 6. The average Bonchev–Trinajstić information content (AvgIpc) is 0.763. The Morgan fingerprint density at radius 3 is 0.833 bits per heavy atom. The lowest BCUT2D eigenvalue weighted by molar-refractivity contribution is -0.134. The van der Waals surface area contributed by atoms with Crippen LogP contribution < -0.4 is 28.9 Å². The molecule has 6 amide bonds. The molecular weight excluding hydrogens is 1360 g/mol. The lowest BCUT2D eigenvalue weighted by Crippen LogP contribution is -2.54. The van der Waals surface area contributed by atoms with Crippen molar-refractivity contribution >= 4 is 89.7 Å². The van der Waals surface area contributed by atoms with E-state index in [-0.39, 0.29) is 109 Å². The molecular formula is C81H129Cl3N6O12. The van der Waals surface area contributed by atoms with Gasteiger partial charge in [-0.15, -0.1) is 37.2 Å². The molecule has 3 aromatic carbocycles. The van der Waals surface area contributed by atoms with E-state index in [1.54, 1.807) is 21.3 Å². The fraction of sp³-hybridized carbons (Fsp3) is 0.704. The minimum absolute atomic E-state index is 0. The summed E-state index contributed by atoms with van der Waals surface area (Å²) >= 11 is 0. The predicted octanol–water partition coefficient (Wildman–Crippen LogP) is 17.8. The topological polar surface area (TPSA) is 177 Å². The van der Waals surface area contributed by atoms with E-state index in [0.717, 1.165) is 93.7 Å². The van der Waals surface area contributed by atoms with Crippen LogP contribution in [-0.2, 0) is 28.6 Å². The van der Waals surface area contributed by atoms with E-state index in [1.807, 2.05) is 113 Å². The number of fused-ring (bicyclic) bond motifs is 3. The van der Waals surface area contributed by atoms with Crippen LogP contribution in [0.2, 0.25) is 0 Å². The zero-order valence-electron chi connectivity index (χ0n) is 65.4. The molecule has 3 fully saturated rings. The average molecular weight is 1490 g/mol. The number of methoxy groups -OCH3 is 3. The number of unbranched alkanes of at least 4 members (excludes halogenated alkanes) is 3. The van der Waals surface area contributed by atoms with Gasteiger partial charge in [-0.3, -0.25) is 28.8 Å². The number of anilines is 3. The highest BCUT2D eigenvalue weighted by Crippen LogP contribution is 2.46. The number of amides is 6. The van der Waals surface area contributed by atoms with Gasteiger partial charge in [0.15, 0.2) is 16.8 Å². The Balaban J connectivity index is 0.000000320. The van der Waals surface area contributed by atoms with Crippen molar-refractivity contribution in [3.8, 4) is 17.2 Å². The number of aryl methyl sites for hydroxylation is 3. The smallest absolute Gasteiger partial charge is 0.270 e. The van der Waals surface area contributed by atoms with Gasteiger partial charge in [0, 0.05) is 114 Å². The summed E-state index contributed by atoms with van der Waals surface area (Å²) in [4.78, 5) is 93.5. The molecule has 3 heterocycles. The van der Waals surface area contributed by atoms with Gasteiger partial charge in [0.2, 0.25) is 0 Å². The monoisotopic (exact) mass is 1480 g/mol. The maximum Gasteiger partial charge on any atom is 0.270 e. The van der Waals surface area contributed by atoms with Crippen molar-refractivity contribution in [2.75, 3.05) is 75.5 Å². The van der Waals surface area contributed by atoms with Crippen molar-refractivity contribution in [1.29, 1.82) is 0 Å². The van der Waals surface area contributed by atoms with Crippen LogP contribution in [0.3, 0.4) is 0 Å². The van der Waals surface area contributed by atoms with Crippen molar-refractivity contribution < 1.29 is 57.2 Å². The summed E-state index contributed by atoms with van der Waals surface area (Å²) in [6, 6.07) is 12.8. The van der Waals surface area contributed by atoms with Crippen LogP contribution in [-0.4, -0.2) is 164 Å². The summed E-state index contributed by atoms with van der Waals surface area (Å²) < 4.78 is 34.3. The van der Waals surface area contributed by atoms with Crippen LogP contribution in [0, 0.1) is 20.8 Å². The van der Waals surface area contributed by atoms with E-state index in [0.29, 0.717) is 110 Å². The third-order valence-electron chi connectivity index (χ3n) is 21.8. The summed E-state index contributed by atoms with van der Waals surface area (Å²) in [5, 5.41) is 0. The second kappa shape index (κ2) is 40.9. The van der Waals surface area contributed by atoms with Gasteiger partial charge in [-0.1, -0.05) is 78.6 Å². The Kier molecular flexibility index (Phi) is 35.7. The SMILES string of the molecule is CCC1(C)Oc2cc(C)c(C(=O)N(C(C)C)C3CCCCC3)cc2N(CCCCOC)C1=O.CC[C@@]1(C)Oc2cc(C)c(C(=O)N(C(C)C)C3CCCCC3)cc2N(CCCCOC)C1=O.CC[C@]1(C)Oc2cc(C)c(C(=O)N(C(C)C)C3CCCCC3)cc2N(CCCCOC)C1=O.Cl.Cl.Cl. The van der Waals surface area contributed by atoms with Gasteiger partial charge in [-0.25, -0.2) is 0 Å². The number of rotatable bonds is 27. The Morgan fingerprint density at radius 1 is 0.412 bits per heavy atom. The first-order valence-electron chi connectivity index (χ1n) is 38.1. The number of hydrogen-bond acceptors (Lipinski definition) is 12. The van der Waals surface area contributed by atoms with Gasteiger partial charge < -0.3 is 57.8 Å². The van der Waals surface area contributed by atoms with E-state index in [9.17, 15) is 28.8 Å². The quantitative estimate of drug-likeness (QED) is 0.0661. The van der Waals surface area contributed by atoms with E-state index in [2.05, 4.69) is 56.2 Å². The van der Waals surface area contributed by atoms with Gasteiger partial charge in [-0.2, -0.15) is 0 Å². The molecule has 9 rings (SSSR count). The molecule has 0 bridgehead atoms. The highest BCUT2D eigenvalue weighted by atomic mass is 35.5. The molecule has 6 aliphatic rings. The van der Waals surface area contributed by atoms with E-state index < -0.39 is 16.8 Å². The molecule has 0 radical (unpaired) electrons. The van der Waals surface area contributed by atoms with Crippen molar-refractivity contribution in [2.24, 2.45) is 0 Å². The standard InChI is InChI=1S/3C27H42N2O4.3ClH/c3*1-7-27(5)26(31)28(15-11-12-16-32-6)23-18-22(20(4)17-24(23)33-27)25(30)29(19(2)3)21-13-9-8-10-14-21;;;/h3*17-19,21H,7-16H2,1-6H3;3*1H/t2*27-;;;;/m10..../s1. The second-order valence-corrected chi connectivity index (χ2v) is 30.2. The summed E-state index contributed by atoms with van der Waals surface area (Å²) in [5.41, 5.74) is 4.17. The Bertz CT molecular complexity index is 2890.